The zero-order chi connectivity index (χ0) is 11.8. The molecule has 0 spiro atoms. The number of hydrogen-bond donors (Lipinski definition) is 1. The van der Waals surface area contributed by atoms with Crippen molar-refractivity contribution in [1.29, 1.82) is 0 Å². The first kappa shape index (κ1) is 11.6. The lowest BCUT2D eigenvalue weighted by Crippen LogP contribution is -2.12. The van der Waals surface area contributed by atoms with Crippen LogP contribution in [0.4, 0.5) is 0 Å². The Bertz CT molecular complexity index is 460. The monoisotopic (exact) mass is 239 g/mol. The minimum Gasteiger partial charge on any atom is -0.324 e. The van der Waals surface area contributed by atoms with Crippen molar-refractivity contribution in [2.75, 3.05) is 5.75 Å². The van der Waals surface area contributed by atoms with Crippen LogP contribution < -0.4 is 5.73 Å². The quantitative estimate of drug-likeness (QED) is 0.872. The van der Waals surface area contributed by atoms with E-state index in [2.05, 4.69) is 0 Å². The maximum atomic E-state index is 11.6. The van der Waals surface area contributed by atoms with Crippen LogP contribution >= 0.6 is 0 Å². The smallest absolute Gasteiger partial charge is 0.178 e. The minimum atomic E-state index is -3.09. The van der Waals surface area contributed by atoms with Gasteiger partial charge in [0.1, 0.15) is 0 Å². The first-order valence-electron chi connectivity index (χ1n) is 5.63. The Labute approximate surface area is 96.6 Å². The Balaban J connectivity index is 2.22. The molecule has 0 unspecified atom stereocenters. The van der Waals surface area contributed by atoms with Crippen LogP contribution in [-0.2, 0) is 9.84 Å². The summed E-state index contributed by atoms with van der Waals surface area (Å²) >= 11 is 0. The highest BCUT2D eigenvalue weighted by Crippen LogP contribution is 2.39. The van der Waals surface area contributed by atoms with Gasteiger partial charge in [0, 0.05) is 6.04 Å². The summed E-state index contributed by atoms with van der Waals surface area (Å²) in [5.74, 6) is 0.731. The molecule has 88 valence electrons. The lowest BCUT2D eigenvalue weighted by molar-refractivity contribution is 0.596. The van der Waals surface area contributed by atoms with Crippen LogP contribution in [0.15, 0.2) is 29.2 Å². The maximum Gasteiger partial charge on any atom is 0.178 e. The molecule has 0 aliphatic heterocycles. The summed E-state index contributed by atoms with van der Waals surface area (Å²) in [6.07, 6.45) is 2.38. The summed E-state index contributed by atoms with van der Waals surface area (Å²) in [5.41, 5.74) is 7.08. The van der Waals surface area contributed by atoms with E-state index in [1.54, 1.807) is 19.1 Å². The molecule has 16 heavy (non-hydrogen) atoms. The number of sulfone groups is 1. The highest BCUT2D eigenvalue weighted by Gasteiger charge is 2.29. The van der Waals surface area contributed by atoms with Gasteiger partial charge in [-0.2, -0.15) is 0 Å². The fraction of sp³-hybridized carbons (Fsp3) is 0.500. The second-order valence-corrected chi connectivity index (χ2v) is 6.61. The van der Waals surface area contributed by atoms with Gasteiger partial charge < -0.3 is 5.73 Å². The SMILES string of the molecule is CCS(=O)(=O)c1ccc([C@@H](N)C2CC2)cc1. The molecule has 1 aromatic carbocycles. The summed E-state index contributed by atoms with van der Waals surface area (Å²) < 4.78 is 23.2. The largest absolute Gasteiger partial charge is 0.324 e. The van der Waals surface area contributed by atoms with Crippen LogP contribution in [0.1, 0.15) is 31.4 Å². The van der Waals surface area contributed by atoms with E-state index < -0.39 is 9.84 Å². The van der Waals surface area contributed by atoms with E-state index in [4.69, 9.17) is 5.73 Å². The number of nitrogens with two attached hydrogens (primary N) is 1. The fourth-order valence-corrected chi connectivity index (χ4v) is 2.68. The number of rotatable bonds is 4. The average molecular weight is 239 g/mol. The lowest BCUT2D eigenvalue weighted by atomic mass is 10.0. The molecular weight excluding hydrogens is 222 g/mol. The summed E-state index contributed by atoms with van der Waals surface area (Å²) in [4.78, 5) is 0.391. The van der Waals surface area contributed by atoms with Crippen molar-refractivity contribution in [3.05, 3.63) is 29.8 Å². The molecular formula is C12H17NO2S. The Morgan fingerprint density at radius 2 is 1.88 bits per heavy atom. The van der Waals surface area contributed by atoms with Crippen LogP contribution in [0, 0.1) is 5.92 Å². The van der Waals surface area contributed by atoms with Crippen molar-refractivity contribution in [2.45, 2.75) is 30.7 Å². The van der Waals surface area contributed by atoms with E-state index in [0.717, 1.165) is 5.56 Å². The number of benzene rings is 1. The Morgan fingerprint density at radius 3 is 2.31 bits per heavy atom. The van der Waals surface area contributed by atoms with Gasteiger partial charge in [-0.25, -0.2) is 8.42 Å². The van der Waals surface area contributed by atoms with Crippen molar-refractivity contribution >= 4 is 9.84 Å². The van der Waals surface area contributed by atoms with E-state index in [1.807, 2.05) is 12.1 Å². The molecule has 0 radical (unpaired) electrons. The molecule has 0 aromatic heterocycles. The topological polar surface area (TPSA) is 60.2 Å². The van der Waals surface area contributed by atoms with Crippen LogP contribution in [-0.4, -0.2) is 14.2 Å². The predicted octanol–water partition coefficient (Wildman–Crippen LogP) is 1.89. The minimum absolute atomic E-state index is 0.0679. The molecule has 1 aliphatic carbocycles. The highest BCUT2D eigenvalue weighted by atomic mass is 32.2. The highest BCUT2D eigenvalue weighted by molar-refractivity contribution is 7.91. The van der Waals surface area contributed by atoms with Gasteiger partial charge in [-0.05, 0) is 36.5 Å². The molecule has 1 atom stereocenters. The average Bonchev–Trinajstić information content (AvgIpc) is 3.12. The van der Waals surface area contributed by atoms with E-state index in [-0.39, 0.29) is 11.8 Å². The summed E-state index contributed by atoms with van der Waals surface area (Å²) in [6, 6.07) is 7.07. The number of hydrogen-bond acceptors (Lipinski definition) is 3. The molecule has 0 bridgehead atoms. The molecule has 3 nitrogen and oxygen atoms in total. The third-order valence-electron chi connectivity index (χ3n) is 3.13. The molecule has 4 heteroatoms. The molecule has 0 heterocycles. The zero-order valence-electron chi connectivity index (χ0n) is 9.39. The summed E-state index contributed by atoms with van der Waals surface area (Å²) in [6.45, 7) is 1.65. The van der Waals surface area contributed by atoms with Crippen molar-refractivity contribution in [1.82, 2.24) is 0 Å². The molecule has 1 aliphatic rings. The maximum absolute atomic E-state index is 11.6. The third kappa shape index (κ3) is 2.28. The summed E-state index contributed by atoms with van der Waals surface area (Å²) in [5, 5.41) is 0. The van der Waals surface area contributed by atoms with Crippen molar-refractivity contribution in [3.8, 4) is 0 Å². The van der Waals surface area contributed by atoms with E-state index >= 15 is 0 Å². The van der Waals surface area contributed by atoms with Gasteiger partial charge in [0.05, 0.1) is 10.6 Å². The first-order chi connectivity index (χ1) is 7.54. The van der Waals surface area contributed by atoms with Gasteiger partial charge in [0.25, 0.3) is 0 Å². The Kier molecular flexibility index (Phi) is 3.04. The molecule has 1 saturated carbocycles. The third-order valence-corrected chi connectivity index (χ3v) is 4.88. The molecule has 1 aromatic rings. The van der Waals surface area contributed by atoms with Gasteiger partial charge >= 0.3 is 0 Å². The molecule has 2 N–H and O–H groups in total. The zero-order valence-corrected chi connectivity index (χ0v) is 10.2. The van der Waals surface area contributed by atoms with Gasteiger partial charge in [-0.1, -0.05) is 19.1 Å². The van der Waals surface area contributed by atoms with Gasteiger partial charge in [-0.15, -0.1) is 0 Å². The van der Waals surface area contributed by atoms with Gasteiger partial charge in [0.2, 0.25) is 0 Å². The van der Waals surface area contributed by atoms with E-state index in [1.165, 1.54) is 12.8 Å². The standard InChI is InChI=1S/C12H17NO2S/c1-2-16(14,15)11-7-5-10(6-8-11)12(13)9-3-4-9/h5-9,12H,2-4,13H2,1H3/t12-/m0/s1. The van der Waals surface area contributed by atoms with Crippen molar-refractivity contribution in [3.63, 3.8) is 0 Å². The normalized spacial score (nSPS) is 18.4. The molecule has 2 rings (SSSR count). The van der Waals surface area contributed by atoms with Gasteiger partial charge in [0.15, 0.2) is 9.84 Å². The van der Waals surface area contributed by atoms with Crippen LogP contribution in [0.3, 0.4) is 0 Å². The molecule has 0 saturated heterocycles. The van der Waals surface area contributed by atoms with E-state index in [0.29, 0.717) is 10.8 Å². The predicted molar refractivity (Wildman–Crippen MR) is 63.8 cm³/mol. The molecule has 0 amide bonds. The fourth-order valence-electron chi connectivity index (χ4n) is 1.79. The second kappa shape index (κ2) is 4.18. The van der Waals surface area contributed by atoms with Gasteiger partial charge in [-0.3, -0.25) is 0 Å². The second-order valence-electron chi connectivity index (χ2n) is 4.34. The van der Waals surface area contributed by atoms with Crippen LogP contribution in [0.5, 0.6) is 0 Å². The first-order valence-corrected chi connectivity index (χ1v) is 7.28. The van der Waals surface area contributed by atoms with E-state index in [9.17, 15) is 8.42 Å². The van der Waals surface area contributed by atoms with Crippen molar-refractivity contribution in [2.24, 2.45) is 11.7 Å². The van der Waals surface area contributed by atoms with Crippen LogP contribution in [0.25, 0.3) is 0 Å². The lowest BCUT2D eigenvalue weighted by Gasteiger charge is -2.11. The van der Waals surface area contributed by atoms with Crippen molar-refractivity contribution < 1.29 is 8.42 Å². The van der Waals surface area contributed by atoms with Crippen LogP contribution in [0.2, 0.25) is 0 Å². The Morgan fingerprint density at radius 1 is 1.31 bits per heavy atom. The summed E-state index contributed by atoms with van der Waals surface area (Å²) in [7, 11) is -3.09. The Hall–Kier alpha value is -0.870. The molecule has 1 fully saturated rings.